The van der Waals surface area contributed by atoms with Crippen LogP contribution in [0.2, 0.25) is 0 Å². The van der Waals surface area contributed by atoms with Crippen LogP contribution in [0.15, 0.2) is 22.7 Å². The third-order valence-corrected chi connectivity index (χ3v) is 5.20. The number of rotatable bonds is 6. The quantitative estimate of drug-likeness (QED) is 0.800. The van der Waals surface area contributed by atoms with Gasteiger partial charge in [-0.3, -0.25) is 0 Å². The van der Waals surface area contributed by atoms with E-state index in [-0.39, 0.29) is 6.04 Å². The van der Waals surface area contributed by atoms with Crippen LogP contribution in [-0.2, 0) is 6.42 Å². The Balaban J connectivity index is 2.09. The van der Waals surface area contributed by atoms with Crippen molar-refractivity contribution in [3.8, 4) is 0 Å². The van der Waals surface area contributed by atoms with E-state index < -0.39 is 0 Å². The van der Waals surface area contributed by atoms with Gasteiger partial charge in [-0.05, 0) is 49.3 Å². The van der Waals surface area contributed by atoms with Crippen molar-refractivity contribution in [2.24, 2.45) is 11.7 Å². The summed E-state index contributed by atoms with van der Waals surface area (Å²) in [6.07, 6.45) is 7.39. The Kier molecular flexibility index (Phi) is 6.56. The highest BCUT2D eigenvalue weighted by Crippen LogP contribution is 2.31. The van der Waals surface area contributed by atoms with Crippen molar-refractivity contribution < 1.29 is 0 Å². The average molecular weight is 353 g/mol. The van der Waals surface area contributed by atoms with E-state index >= 15 is 0 Å². The Morgan fingerprint density at radius 3 is 2.62 bits per heavy atom. The highest BCUT2D eigenvalue weighted by molar-refractivity contribution is 9.10. The predicted octanol–water partition coefficient (Wildman–Crippen LogP) is 4.75. The highest BCUT2D eigenvalue weighted by atomic mass is 79.9. The summed E-state index contributed by atoms with van der Waals surface area (Å²) in [4.78, 5) is 2.56. The average Bonchev–Trinajstić information content (AvgIpc) is 2.50. The number of hydrogen-bond donors (Lipinski definition) is 1. The van der Waals surface area contributed by atoms with Crippen LogP contribution < -0.4 is 10.6 Å². The molecule has 0 radical (unpaired) electrons. The molecular formula is C18H29BrN2. The normalized spacial score (nSPS) is 18.0. The molecule has 1 aliphatic heterocycles. The topological polar surface area (TPSA) is 29.3 Å². The Labute approximate surface area is 138 Å². The number of hydrogen-bond acceptors (Lipinski definition) is 2. The van der Waals surface area contributed by atoms with Crippen LogP contribution >= 0.6 is 15.9 Å². The summed E-state index contributed by atoms with van der Waals surface area (Å²) in [6.45, 7) is 6.84. The fourth-order valence-corrected chi connectivity index (χ4v) is 3.65. The summed E-state index contributed by atoms with van der Waals surface area (Å²) in [7, 11) is 0. The minimum absolute atomic E-state index is 0.266. The van der Waals surface area contributed by atoms with Gasteiger partial charge in [-0.25, -0.2) is 0 Å². The van der Waals surface area contributed by atoms with E-state index in [1.165, 1.54) is 54.5 Å². The molecule has 1 saturated heterocycles. The van der Waals surface area contributed by atoms with Crippen LogP contribution in [0.4, 0.5) is 5.69 Å². The zero-order chi connectivity index (χ0) is 15.2. The van der Waals surface area contributed by atoms with E-state index in [1.807, 2.05) is 0 Å². The molecule has 0 amide bonds. The molecule has 2 nitrogen and oxygen atoms in total. The third-order valence-electron chi connectivity index (χ3n) is 4.71. The molecule has 0 bridgehead atoms. The molecule has 1 aromatic rings. The maximum absolute atomic E-state index is 6.17. The van der Waals surface area contributed by atoms with E-state index in [2.05, 4.69) is 52.9 Å². The second-order valence-electron chi connectivity index (χ2n) is 6.36. The minimum atomic E-state index is 0.266. The Morgan fingerprint density at radius 2 is 2.00 bits per heavy atom. The summed E-state index contributed by atoms with van der Waals surface area (Å²) in [6, 6.07) is 6.93. The first-order valence-corrected chi connectivity index (χ1v) is 9.22. The van der Waals surface area contributed by atoms with Crippen LogP contribution in [0.1, 0.15) is 51.5 Å². The van der Waals surface area contributed by atoms with Gasteiger partial charge < -0.3 is 10.6 Å². The van der Waals surface area contributed by atoms with Crippen LogP contribution in [0, 0.1) is 5.92 Å². The molecule has 1 heterocycles. The van der Waals surface area contributed by atoms with Crippen molar-refractivity contribution in [3.05, 3.63) is 28.2 Å². The molecule has 1 fully saturated rings. The Bertz CT molecular complexity index is 439. The van der Waals surface area contributed by atoms with E-state index in [9.17, 15) is 0 Å². The molecular weight excluding hydrogens is 324 g/mol. The fraction of sp³-hybridized carbons (Fsp3) is 0.667. The molecule has 118 valence electrons. The van der Waals surface area contributed by atoms with Crippen LogP contribution in [-0.4, -0.2) is 19.1 Å². The monoisotopic (exact) mass is 352 g/mol. The Hall–Kier alpha value is -0.540. The molecule has 21 heavy (non-hydrogen) atoms. The van der Waals surface area contributed by atoms with Crippen LogP contribution in [0.5, 0.6) is 0 Å². The van der Waals surface area contributed by atoms with Gasteiger partial charge in [0.25, 0.3) is 0 Å². The van der Waals surface area contributed by atoms with Gasteiger partial charge in [0.05, 0.1) is 0 Å². The molecule has 2 rings (SSSR count). The van der Waals surface area contributed by atoms with Gasteiger partial charge in [0.1, 0.15) is 0 Å². The lowest BCUT2D eigenvalue weighted by Gasteiger charge is -2.35. The van der Waals surface area contributed by atoms with E-state index in [0.29, 0.717) is 0 Å². The summed E-state index contributed by atoms with van der Waals surface area (Å²) in [5.74, 6) is 0.930. The number of benzene rings is 1. The third kappa shape index (κ3) is 4.72. The van der Waals surface area contributed by atoms with Gasteiger partial charge in [0, 0.05) is 29.3 Å². The SMILES string of the molecule is CCCC1CCN(c2cc(Br)ccc2CC(N)CC)CC1. The number of piperidine rings is 1. The van der Waals surface area contributed by atoms with E-state index in [0.717, 1.165) is 18.8 Å². The molecule has 0 aromatic heterocycles. The van der Waals surface area contributed by atoms with Gasteiger partial charge in [-0.2, -0.15) is 0 Å². The molecule has 3 heteroatoms. The molecule has 0 aliphatic carbocycles. The lowest BCUT2D eigenvalue weighted by molar-refractivity contribution is 0.378. The second-order valence-corrected chi connectivity index (χ2v) is 7.28. The molecule has 1 aliphatic rings. The Morgan fingerprint density at radius 1 is 1.29 bits per heavy atom. The number of nitrogens with two attached hydrogens (primary N) is 1. The van der Waals surface area contributed by atoms with E-state index in [1.54, 1.807) is 0 Å². The number of nitrogens with zero attached hydrogens (tertiary/aromatic N) is 1. The standard InChI is InChI=1S/C18H29BrN2/c1-3-5-14-8-10-21(11-9-14)18-13-16(19)7-6-15(18)12-17(20)4-2/h6-7,13-14,17H,3-5,8-12,20H2,1-2H3. The number of anilines is 1. The van der Waals surface area contributed by atoms with Crippen molar-refractivity contribution >= 4 is 21.6 Å². The minimum Gasteiger partial charge on any atom is -0.371 e. The maximum atomic E-state index is 6.17. The van der Waals surface area contributed by atoms with Gasteiger partial charge in [-0.1, -0.05) is 48.7 Å². The zero-order valence-electron chi connectivity index (χ0n) is 13.4. The van der Waals surface area contributed by atoms with Crippen molar-refractivity contribution in [1.82, 2.24) is 0 Å². The second kappa shape index (κ2) is 8.19. The zero-order valence-corrected chi connectivity index (χ0v) is 15.0. The van der Waals surface area contributed by atoms with Gasteiger partial charge in [0.2, 0.25) is 0 Å². The smallest absolute Gasteiger partial charge is 0.0410 e. The van der Waals surface area contributed by atoms with Gasteiger partial charge in [-0.15, -0.1) is 0 Å². The molecule has 0 saturated carbocycles. The largest absolute Gasteiger partial charge is 0.371 e. The fourth-order valence-electron chi connectivity index (χ4n) is 3.30. The molecule has 1 aromatic carbocycles. The summed E-state index contributed by atoms with van der Waals surface area (Å²) in [5, 5.41) is 0. The van der Waals surface area contributed by atoms with Gasteiger partial charge in [0.15, 0.2) is 0 Å². The van der Waals surface area contributed by atoms with Crippen LogP contribution in [0.3, 0.4) is 0 Å². The predicted molar refractivity (Wildman–Crippen MR) is 96.0 cm³/mol. The lowest BCUT2D eigenvalue weighted by atomic mass is 9.91. The maximum Gasteiger partial charge on any atom is 0.0410 e. The first-order valence-electron chi connectivity index (χ1n) is 8.43. The molecule has 1 unspecified atom stereocenters. The van der Waals surface area contributed by atoms with E-state index in [4.69, 9.17) is 5.73 Å². The first kappa shape index (κ1) is 16.8. The van der Waals surface area contributed by atoms with Gasteiger partial charge >= 0.3 is 0 Å². The van der Waals surface area contributed by atoms with Crippen molar-refractivity contribution in [3.63, 3.8) is 0 Å². The molecule has 1 atom stereocenters. The highest BCUT2D eigenvalue weighted by Gasteiger charge is 2.21. The first-order chi connectivity index (χ1) is 10.1. The summed E-state index contributed by atoms with van der Waals surface area (Å²) < 4.78 is 1.17. The summed E-state index contributed by atoms with van der Waals surface area (Å²) in [5.41, 5.74) is 8.97. The summed E-state index contributed by atoms with van der Waals surface area (Å²) >= 11 is 3.63. The number of halogens is 1. The van der Waals surface area contributed by atoms with Crippen molar-refractivity contribution in [1.29, 1.82) is 0 Å². The molecule has 2 N–H and O–H groups in total. The molecule has 0 spiro atoms. The van der Waals surface area contributed by atoms with Crippen molar-refractivity contribution in [2.45, 2.75) is 58.4 Å². The van der Waals surface area contributed by atoms with Crippen molar-refractivity contribution in [2.75, 3.05) is 18.0 Å². The lowest BCUT2D eigenvalue weighted by Crippen LogP contribution is -2.34. The van der Waals surface area contributed by atoms with Crippen LogP contribution in [0.25, 0.3) is 0 Å².